The first-order chi connectivity index (χ1) is 9.29. The fourth-order valence-corrected chi connectivity index (χ4v) is 3.00. The van der Waals surface area contributed by atoms with Crippen molar-refractivity contribution in [2.24, 2.45) is 0 Å². The van der Waals surface area contributed by atoms with Crippen molar-refractivity contribution in [3.63, 3.8) is 0 Å². The summed E-state index contributed by atoms with van der Waals surface area (Å²) in [5.41, 5.74) is 2.98. The number of methoxy groups -OCH3 is 1. The maximum absolute atomic E-state index is 5.12. The monoisotopic (exact) mass is 261 g/mol. The molecule has 2 rings (SSSR count). The molecule has 1 aliphatic rings. The van der Waals surface area contributed by atoms with Crippen molar-refractivity contribution in [2.75, 3.05) is 27.4 Å². The molecule has 1 aromatic rings. The Morgan fingerprint density at radius 3 is 2.42 bits per heavy atom. The summed E-state index contributed by atoms with van der Waals surface area (Å²) in [6.45, 7) is 1.76. The minimum Gasteiger partial charge on any atom is -0.369 e. The van der Waals surface area contributed by atoms with Gasteiger partial charge in [0.15, 0.2) is 0 Å². The van der Waals surface area contributed by atoms with E-state index in [-0.39, 0.29) is 0 Å². The number of benzene rings is 1. The normalized spacial score (nSPS) is 17.0. The Morgan fingerprint density at radius 1 is 1.11 bits per heavy atom. The molecule has 0 N–H and O–H groups in total. The lowest BCUT2D eigenvalue weighted by atomic mass is 9.84. The van der Waals surface area contributed by atoms with Crippen molar-refractivity contribution in [1.29, 1.82) is 0 Å². The van der Waals surface area contributed by atoms with Crippen LogP contribution in [0, 0.1) is 0 Å². The highest BCUT2D eigenvalue weighted by molar-refractivity contribution is 5.26. The first-order valence-electron chi connectivity index (χ1n) is 7.56. The minimum atomic E-state index is 0.708. The molecule has 0 unspecified atom stereocenters. The van der Waals surface area contributed by atoms with Crippen molar-refractivity contribution in [2.45, 2.75) is 44.4 Å². The van der Waals surface area contributed by atoms with E-state index in [1.54, 1.807) is 12.7 Å². The molecule has 0 aliphatic heterocycles. The maximum atomic E-state index is 5.12. The lowest BCUT2D eigenvalue weighted by molar-refractivity contribution is 0.0827. The Kier molecular flexibility index (Phi) is 5.87. The van der Waals surface area contributed by atoms with Crippen LogP contribution in [-0.2, 0) is 11.2 Å². The van der Waals surface area contributed by atoms with Gasteiger partial charge in [0.25, 0.3) is 0 Å². The summed E-state index contributed by atoms with van der Waals surface area (Å²) in [5, 5.41) is 0. The van der Waals surface area contributed by atoms with E-state index in [1.807, 2.05) is 0 Å². The highest BCUT2D eigenvalue weighted by Gasteiger charge is 2.14. The summed E-state index contributed by atoms with van der Waals surface area (Å²) in [5.74, 6) is 0.818. The molecule has 0 radical (unpaired) electrons. The van der Waals surface area contributed by atoms with Crippen molar-refractivity contribution in [3.05, 3.63) is 35.4 Å². The Bertz CT molecular complexity index is 354. The van der Waals surface area contributed by atoms with Gasteiger partial charge < -0.3 is 4.74 Å². The van der Waals surface area contributed by atoms with Gasteiger partial charge in [-0.2, -0.15) is 0 Å². The SMILES string of the molecule is COCN(C)CCc1ccc(C2CCCCC2)cc1. The van der Waals surface area contributed by atoms with Crippen LogP contribution in [0.15, 0.2) is 24.3 Å². The largest absolute Gasteiger partial charge is 0.369 e. The van der Waals surface area contributed by atoms with Gasteiger partial charge >= 0.3 is 0 Å². The Labute approximate surface area is 117 Å². The molecular formula is C17H27NO. The average molecular weight is 261 g/mol. The summed E-state index contributed by atoms with van der Waals surface area (Å²) >= 11 is 0. The molecule has 1 aromatic carbocycles. The zero-order valence-electron chi connectivity index (χ0n) is 12.4. The third kappa shape index (κ3) is 4.63. The van der Waals surface area contributed by atoms with Crippen LogP contribution in [0.25, 0.3) is 0 Å². The summed E-state index contributed by atoms with van der Waals surface area (Å²) in [7, 11) is 3.84. The third-order valence-corrected chi connectivity index (χ3v) is 4.19. The number of hydrogen-bond acceptors (Lipinski definition) is 2. The molecule has 0 aromatic heterocycles. The summed E-state index contributed by atoms with van der Waals surface area (Å²) in [6.07, 6.45) is 8.12. The van der Waals surface area contributed by atoms with Crippen LogP contribution in [0.3, 0.4) is 0 Å². The van der Waals surface area contributed by atoms with E-state index < -0.39 is 0 Å². The smallest absolute Gasteiger partial charge is 0.0984 e. The van der Waals surface area contributed by atoms with Crippen LogP contribution in [-0.4, -0.2) is 32.3 Å². The van der Waals surface area contributed by atoms with Crippen LogP contribution in [0.5, 0.6) is 0 Å². The highest BCUT2D eigenvalue weighted by Crippen LogP contribution is 2.32. The predicted molar refractivity (Wildman–Crippen MR) is 80.5 cm³/mol. The summed E-state index contributed by atoms with van der Waals surface area (Å²) < 4.78 is 5.12. The van der Waals surface area contributed by atoms with Crippen molar-refractivity contribution in [1.82, 2.24) is 4.90 Å². The van der Waals surface area contributed by atoms with Gasteiger partial charge in [-0.3, -0.25) is 4.90 Å². The van der Waals surface area contributed by atoms with Gasteiger partial charge in [-0.1, -0.05) is 43.5 Å². The van der Waals surface area contributed by atoms with Gasteiger partial charge in [0, 0.05) is 13.7 Å². The van der Waals surface area contributed by atoms with E-state index in [1.165, 1.54) is 37.7 Å². The zero-order chi connectivity index (χ0) is 13.5. The second-order valence-corrected chi connectivity index (χ2v) is 5.82. The zero-order valence-corrected chi connectivity index (χ0v) is 12.4. The molecule has 1 fully saturated rings. The molecule has 1 saturated carbocycles. The predicted octanol–water partition coefficient (Wildman–Crippen LogP) is 3.81. The van der Waals surface area contributed by atoms with Crippen LogP contribution in [0.1, 0.15) is 49.1 Å². The lowest BCUT2D eigenvalue weighted by Crippen LogP contribution is -2.23. The first kappa shape index (κ1) is 14.5. The van der Waals surface area contributed by atoms with E-state index in [0.717, 1.165) is 18.9 Å². The number of likely N-dealkylation sites (N-methyl/N-ethyl adjacent to an activating group) is 1. The van der Waals surface area contributed by atoms with Crippen LogP contribution < -0.4 is 0 Å². The molecular weight excluding hydrogens is 234 g/mol. The Balaban J connectivity index is 1.83. The standard InChI is InChI=1S/C17H27NO/c1-18(14-19-2)13-12-15-8-10-17(11-9-15)16-6-4-3-5-7-16/h8-11,16H,3-7,12-14H2,1-2H3. The molecule has 2 nitrogen and oxygen atoms in total. The second kappa shape index (κ2) is 7.66. The Hall–Kier alpha value is -0.860. The molecule has 19 heavy (non-hydrogen) atoms. The molecule has 0 atom stereocenters. The molecule has 106 valence electrons. The molecule has 1 aliphatic carbocycles. The van der Waals surface area contributed by atoms with Crippen LogP contribution in [0.2, 0.25) is 0 Å². The molecule has 0 spiro atoms. The van der Waals surface area contributed by atoms with E-state index >= 15 is 0 Å². The number of hydrogen-bond donors (Lipinski definition) is 0. The molecule has 0 saturated heterocycles. The summed E-state index contributed by atoms with van der Waals surface area (Å²) in [4.78, 5) is 2.20. The van der Waals surface area contributed by atoms with Gasteiger partial charge in [0.1, 0.15) is 0 Å². The van der Waals surface area contributed by atoms with E-state index in [4.69, 9.17) is 4.74 Å². The quantitative estimate of drug-likeness (QED) is 0.722. The topological polar surface area (TPSA) is 12.5 Å². The van der Waals surface area contributed by atoms with Crippen LogP contribution >= 0.6 is 0 Å². The van der Waals surface area contributed by atoms with Gasteiger partial charge in [0.2, 0.25) is 0 Å². The first-order valence-corrected chi connectivity index (χ1v) is 7.56. The van der Waals surface area contributed by atoms with E-state index in [2.05, 4.69) is 36.2 Å². The molecule has 0 bridgehead atoms. The third-order valence-electron chi connectivity index (χ3n) is 4.19. The fourth-order valence-electron chi connectivity index (χ4n) is 3.00. The fraction of sp³-hybridized carbons (Fsp3) is 0.647. The molecule has 0 heterocycles. The maximum Gasteiger partial charge on any atom is 0.0984 e. The number of rotatable bonds is 6. The van der Waals surface area contributed by atoms with E-state index in [0.29, 0.717) is 6.73 Å². The lowest BCUT2D eigenvalue weighted by Gasteiger charge is -2.22. The van der Waals surface area contributed by atoms with Crippen molar-refractivity contribution >= 4 is 0 Å². The van der Waals surface area contributed by atoms with Gasteiger partial charge in [0.05, 0.1) is 6.73 Å². The van der Waals surface area contributed by atoms with Gasteiger partial charge in [-0.05, 0) is 43.4 Å². The molecule has 2 heteroatoms. The summed E-state index contributed by atoms with van der Waals surface area (Å²) in [6, 6.07) is 9.32. The minimum absolute atomic E-state index is 0.708. The van der Waals surface area contributed by atoms with Crippen molar-refractivity contribution in [3.8, 4) is 0 Å². The number of ether oxygens (including phenoxy) is 1. The van der Waals surface area contributed by atoms with Crippen molar-refractivity contribution < 1.29 is 4.74 Å². The van der Waals surface area contributed by atoms with Gasteiger partial charge in [-0.15, -0.1) is 0 Å². The van der Waals surface area contributed by atoms with Gasteiger partial charge in [-0.25, -0.2) is 0 Å². The molecule has 0 amide bonds. The average Bonchev–Trinajstić information content (AvgIpc) is 2.47. The Morgan fingerprint density at radius 2 is 1.79 bits per heavy atom. The van der Waals surface area contributed by atoms with E-state index in [9.17, 15) is 0 Å². The van der Waals surface area contributed by atoms with Crippen LogP contribution in [0.4, 0.5) is 0 Å². The number of nitrogens with zero attached hydrogens (tertiary/aromatic N) is 1. The second-order valence-electron chi connectivity index (χ2n) is 5.82. The highest BCUT2D eigenvalue weighted by atomic mass is 16.5.